The topological polar surface area (TPSA) is 79.5 Å². The number of nitrogens with zero attached hydrogens (tertiary/aromatic N) is 2. The molecule has 0 saturated heterocycles. The van der Waals surface area contributed by atoms with Crippen LogP contribution in [-0.2, 0) is 6.42 Å². The van der Waals surface area contributed by atoms with Gasteiger partial charge >= 0.3 is 0 Å². The van der Waals surface area contributed by atoms with Crippen LogP contribution in [0.25, 0.3) is 0 Å². The van der Waals surface area contributed by atoms with E-state index in [-0.39, 0.29) is 5.69 Å². The van der Waals surface area contributed by atoms with Crippen LogP contribution >= 0.6 is 0 Å². The highest BCUT2D eigenvalue weighted by atomic mass is 16.6. The summed E-state index contributed by atoms with van der Waals surface area (Å²) >= 11 is 0. The highest BCUT2D eigenvalue weighted by molar-refractivity contribution is 6.08. The highest BCUT2D eigenvalue weighted by Gasteiger charge is 2.22. The number of nitrogens with one attached hydrogen (secondary N) is 1. The first kappa shape index (κ1) is 15.0. The summed E-state index contributed by atoms with van der Waals surface area (Å²) in [4.78, 5) is 12.2. The molecule has 2 aromatic carbocycles. The van der Waals surface area contributed by atoms with Gasteiger partial charge in [-0.05, 0) is 48.7 Å². The van der Waals surface area contributed by atoms with E-state index in [4.69, 9.17) is 10.1 Å². The van der Waals surface area contributed by atoms with E-state index in [1.165, 1.54) is 12.1 Å². The molecule has 1 aliphatic rings. The largest absolute Gasteiger partial charge is 0.497 e. The summed E-state index contributed by atoms with van der Waals surface area (Å²) < 4.78 is 5.26. The van der Waals surface area contributed by atoms with E-state index in [2.05, 4.69) is 0 Å². The molecule has 0 fully saturated rings. The maximum atomic E-state index is 10.7. The highest BCUT2D eigenvalue weighted by Crippen LogP contribution is 2.31. The predicted octanol–water partition coefficient (Wildman–Crippen LogP) is 3.38. The normalized spacial score (nSPS) is 13.3. The fraction of sp³-hybridized carbons (Fsp3) is 0.235. The van der Waals surface area contributed by atoms with Crippen LogP contribution in [0.15, 0.2) is 42.5 Å². The Hall–Kier alpha value is -2.89. The fourth-order valence-electron chi connectivity index (χ4n) is 2.83. The zero-order valence-corrected chi connectivity index (χ0v) is 12.8. The van der Waals surface area contributed by atoms with Gasteiger partial charge < -0.3 is 9.64 Å². The van der Waals surface area contributed by atoms with Gasteiger partial charge in [-0.15, -0.1) is 0 Å². The Labute approximate surface area is 134 Å². The van der Waals surface area contributed by atoms with Crippen molar-refractivity contribution in [2.45, 2.75) is 12.8 Å². The molecule has 0 aromatic heterocycles. The molecule has 1 aliphatic heterocycles. The van der Waals surface area contributed by atoms with E-state index in [1.54, 1.807) is 19.2 Å². The number of non-ortho nitro benzene ring substituents is 1. The smallest absolute Gasteiger partial charge is 0.269 e. The van der Waals surface area contributed by atoms with Crippen molar-refractivity contribution >= 4 is 17.2 Å². The number of nitro benzene ring substituents is 1. The molecule has 6 heteroatoms. The molecule has 0 amide bonds. The maximum absolute atomic E-state index is 10.7. The third-order valence-corrected chi connectivity index (χ3v) is 4.03. The molecule has 118 valence electrons. The molecule has 0 saturated carbocycles. The van der Waals surface area contributed by atoms with Crippen LogP contribution in [0.3, 0.4) is 0 Å². The number of rotatable bonds is 3. The molecule has 0 unspecified atom stereocenters. The van der Waals surface area contributed by atoms with Crippen molar-refractivity contribution in [2.75, 3.05) is 18.6 Å². The Balaban J connectivity index is 1.90. The van der Waals surface area contributed by atoms with E-state index >= 15 is 0 Å². The van der Waals surface area contributed by atoms with Gasteiger partial charge in [0, 0.05) is 29.9 Å². The lowest BCUT2D eigenvalue weighted by atomic mass is 10.00. The standard InChI is InChI=1S/C17H17N3O3/c1-23-15-8-9-16-13(11-15)3-2-10-19(16)17(18)12-4-6-14(7-5-12)20(21)22/h4-9,11,18H,2-3,10H2,1H3. The van der Waals surface area contributed by atoms with Gasteiger partial charge in [0.2, 0.25) is 0 Å². The van der Waals surface area contributed by atoms with Crippen LogP contribution in [0, 0.1) is 15.5 Å². The number of fused-ring (bicyclic) bond motifs is 1. The van der Waals surface area contributed by atoms with Gasteiger partial charge in [0.15, 0.2) is 0 Å². The van der Waals surface area contributed by atoms with Gasteiger partial charge in [0.1, 0.15) is 11.6 Å². The molecule has 0 aliphatic carbocycles. The van der Waals surface area contributed by atoms with Crippen LogP contribution in [0.2, 0.25) is 0 Å². The molecule has 0 atom stereocenters. The van der Waals surface area contributed by atoms with Crippen molar-refractivity contribution in [1.29, 1.82) is 5.41 Å². The lowest BCUT2D eigenvalue weighted by Gasteiger charge is -2.31. The molecule has 23 heavy (non-hydrogen) atoms. The number of amidine groups is 1. The summed E-state index contributed by atoms with van der Waals surface area (Å²) in [6, 6.07) is 12.0. The minimum atomic E-state index is -0.435. The first-order valence-corrected chi connectivity index (χ1v) is 7.38. The second kappa shape index (κ2) is 6.08. The molecule has 1 heterocycles. The Morgan fingerprint density at radius 1 is 1.26 bits per heavy atom. The summed E-state index contributed by atoms with van der Waals surface area (Å²) in [5, 5.41) is 19.2. The van der Waals surface area contributed by atoms with E-state index in [9.17, 15) is 10.1 Å². The van der Waals surface area contributed by atoms with Crippen molar-refractivity contribution < 1.29 is 9.66 Å². The van der Waals surface area contributed by atoms with Crippen molar-refractivity contribution in [3.05, 3.63) is 63.7 Å². The van der Waals surface area contributed by atoms with Gasteiger partial charge in [0.05, 0.1) is 12.0 Å². The van der Waals surface area contributed by atoms with Gasteiger partial charge in [-0.2, -0.15) is 0 Å². The molecule has 3 rings (SSSR count). The number of anilines is 1. The zero-order valence-electron chi connectivity index (χ0n) is 12.8. The number of ether oxygens (including phenoxy) is 1. The van der Waals surface area contributed by atoms with Crippen LogP contribution < -0.4 is 9.64 Å². The van der Waals surface area contributed by atoms with Gasteiger partial charge in [-0.25, -0.2) is 0 Å². The minimum Gasteiger partial charge on any atom is -0.497 e. The Morgan fingerprint density at radius 3 is 2.65 bits per heavy atom. The number of hydrogen-bond acceptors (Lipinski definition) is 4. The average Bonchev–Trinajstić information content (AvgIpc) is 2.60. The van der Waals surface area contributed by atoms with E-state index in [0.717, 1.165) is 36.4 Å². The fourth-order valence-corrected chi connectivity index (χ4v) is 2.83. The van der Waals surface area contributed by atoms with Gasteiger partial charge in [0.25, 0.3) is 5.69 Å². The SMILES string of the molecule is COc1ccc2c(c1)CCCN2C(=N)c1ccc([N+](=O)[O-])cc1. The Morgan fingerprint density at radius 2 is 2.00 bits per heavy atom. The van der Waals surface area contributed by atoms with Crippen LogP contribution in [0.1, 0.15) is 17.5 Å². The maximum Gasteiger partial charge on any atom is 0.269 e. The molecule has 2 aromatic rings. The molecule has 0 bridgehead atoms. The van der Waals surface area contributed by atoms with Crippen LogP contribution in [0.5, 0.6) is 5.75 Å². The lowest BCUT2D eigenvalue weighted by molar-refractivity contribution is -0.384. The second-order valence-electron chi connectivity index (χ2n) is 5.40. The van der Waals surface area contributed by atoms with Gasteiger partial charge in [-0.1, -0.05) is 0 Å². The Kier molecular flexibility index (Phi) is 3.97. The molecular weight excluding hydrogens is 294 g/mol. The number of nitro groups is 1. The molecule has 1 N–H and O–H groups in total. The van der Waals surface area contributed by atoms with Gasteiger partial charge in [-0.3, -0.25) is 15.5 Å². The van der Waals surface area contributed by atoms with E-state index in [0.29, 0.717) is 11.4 Å². The van der Waals surface area contributed by atoms with Crippen molar-refractivity contribution in [3.63, 3.8) is 0 Å². The third-order valence-electron chi connectivity index (χ3n) is 4.03. The summed E-state index contributed by atoms with van der Waals surface area (Å²) in [7, 11) is 1.64. The van der Waals surface area contributed by atoms with Crippen LogP contribution in [-0.4, -0.2) is 24.4 Å². The summed E-state index contributed by atoms with van der Waals surface area (Å²) in [5.41, 5.74) is 2.85. The molecule has 0 spiro atoms. The summed E-state index contributed by atoms with van der Waals surface area (Å²) in [6.45, 7) is 0.759. The molecule has 0 radical (unpaired) electrons. The molecule has 6 nitrogen and oxygen atoms in total. The second-order valence-corrected chi connectivity index (χ2v) is 5.40. The third kappa shape index (κ3) is 2.88. The average molecular weight is 311 g/mol. The summed E-state index contributed by atoms with van der Waals surface area (Å²) in [5.74, 6) is 1.17. The number of methoxy groups -OCH3 is 1. The number of aryl methyl sites for hydroxylation is 1. The quantitative estimate of drug-likeness (QED) is 0.408. The van der Waals surface area contributed by atoms with Crippen molar-refractivity contribution in [3.8, 4) is 5.75 Å². The summed E-state index contributed by atoms with van der Waals surface area (Å²) in [6.07, 6.45) is 1.91. The first-order chi connectivity index (χ1) is 11.1. The predicted molar refractivity (Wildman–Crippen MR) is 88.6 cm³/mol. The lowest BCUT2D eigenvalue weighted by Crippen LogP contribution is -2.35. The van der Waals surface area contributed by atoms with E-state index < -0.39 is 4.92 Å². The monoisotopic (exact) mass is 311 g/mol. The zero-order chi connectivity index (χ0) is 16.4. The molecular formula is C17H17N3O3. The van der Waals surface area contributed by atoms with Crippen LogP contribution in [0.4, 0.5) is 11.4 Å². The number of hydrogen-bond donors (Lipinski definition) is 1. The Bertz CT molecular complexity index is 756. The number of benzene rings is 2. The van der Waals surface area contributed by atoms with Crippen molar-refractivity contribution in [2.24, 2.45) is 0 Å². The van der Waals surface area contributed by atoms with Crippen molar-refractivity contribution in [1.82, 2.24) is 0 Å². The first-order valence-electron chi connectivity index (χ1n) is 7.38. The minimum absolute atomic E-state index is 0.0327. The van der Waals surface area contributed by atoms with E-state index in [1.807, 2.05) is 23.1 Å².